The number of sulfone groups is 1. The Labute approximate surface area is 180 Å². The highest BCUT2D eigenvalue weighted by atomic mass is 32.2. The van der Waals surface area contributed by atoms with Crippen molar-refractivity contribution in [1.29, 1.82) is 0 Å². The number of aromatic nitrogens is 2. The van der Waals surface area contributed by atoms with Crippen LogP contribution in [-0.2, 0) is 16.0 Å². The molecule has 0 bridgehead atoms. The first-order valence-electron chi connectivity index (χ1n) is 8.85. The lowest BCUT2D eigenvalue weighted by Gasteiger charge is -2.13. The van der Waals surface area contributed by atoms with Crippen LogP contribution in [0.3, 0.4) is 0 Å². The van der Waals surface area contributed by atoms with Crippen LogP contribution in [0, 0.1) is 12.7 Å². The highest BCUT2D eigenvalue weighted by Gasteiger charge is 2.35. The number of carbonyl (C=O) groups is 1. The number of nitrogens with zero attached hydrogens (tertiary/aromatic N) is 2. The second-order valence-electron chi connectivity index (χ2n) is 6.71. The number of ether oxygens (including phenoxy) is 1. The van der Waals surface area contributed by atoms with Gasteiger partial charge >= 0.3 is 6.18 Å². The molecule has 168 valence electrons. The van der Waals surface area contributed by atoms with Crippen LogP contribution < -0.4 is 10.1 Å². The number of hydrogen-bond acceptors (Lipinski definition) is 6. The van der Waals surface area contributed by atoms with Crippen molar-refractivity contribution < 1.29 is 35.5 Å². The van der Waals surface area contributed by atoms with Crippen LogP contribution in [0.4, 0.5) is 23.2 Å². The third-order valence-corrected chi connectivity index (χ3v) is 5.31. The van der Waals surface area contributed by atoms with Gasteiger partial charge in [-0.3, -0.25) is 4.79 Å². The molecule has 0 spiro atoms. The van der Waals surface area contributed by atoms with Crippen molar-refractivity contribution in [2.45, 2.75) is 18.0 Å². The van der Waals surface area contributed by atoms with Crippen LogP contribution in [-0.4, -0.2) is 30.8 Å². The van der Waals surface area contributed by atoms with Crippen molar-refractivity contribution in [2.75, 3.05) is 11.6 Å². The van der Waals surface area contributed by atoms with Crippen LogP contribution in [0.25, 0.3) is 0 Å². The molecule has 3 rings (SSSR count). The summed E-state index contributed by atoms with van der Waals surface area (Å²) >= 11 is 0. The number of rotatable bonds is 5. The molecular formula is C20H15F4N3O4S. The molecule has 0 aliphatic rings. The molecule has 1 heterocycles. The first kappa shape index (κ1) is 23.1. The maximum Gasteiger partial charge on any atom is 0.435 e. The lowest BCUT2D eigenvalue weighted by molar-refractivity contribution is -0.141. The number of hydrogen-bond donors (Lipinski definition) is 1. The maximum atomic E-state index is 13.3. The molecule has 1 aromatic heterocycles. The summed E-state index contributed by atoms with van der Waals surface area (Å²) in [6.45, 7) is 1.50. The topological polar surface area (TPSA) is 98.2 Å². The average Bonchev–Trinajstić information content (AvgIpc) is 2.69. The third-order valence-electron chi connectivity index (χ3n) is 4.18. The van der Waals surface area contributed by atoms with Crippen molar-refractivity contribution in [2.24, 2.45) is 0 Å². The van der Waals surface area contributed by atoms with E-state index in [-0.39, 0.29) is 16.3 Å². The van der Waals surface area contributed by atoms with Gasteiger partial charge in [-0.1, -0.05) is 0 Å². The molecule has 0 atom stereocenters. The van der Waals surface area contributed by atoms with Crippen molar-refractivity contribution >= 4 is 21.4 Å². The predicted molar refractivity (Wildman–Crippen MR) is 106 cm³/mol. The average molecular weight is 469 g/mol. The van der Waals surface area contributed by atoms with Gasteiger partial charge in [0.05, 0.1) is 4.90 Å². The second kappa shape index (κ2) is 8.54. The molecule has 0 aliphatic heterocycles. The van der Waals surface area contributed by atoms with Gasteiger partial charge in [0.25, 0.3) is 11.8 Å². The van der Waals surface area contributed by atoms with Crippen LogP contribution >= 0.6 is 0 Å². The highest BCUT2D eigenvalue weighted by Crippen LogP contribution is 2.32. The predicted octanol–water partition coefficient (Wildman–Crippen LogP) is 4.39. The number of amides is 1. The third kappa shape index (κ3) is 5.38. The zero-order valence-electron chi connectivity index (χ0n) is 16.6. The Morgan fingerprint density at radius 3 is 2.25 bits per heavy atom. The van der Waals surface area contributed by atoms with E-state index < -0.39 is 44.9 Å². The molecule has 0 radical (unpaired) electrons. The fourth-order valence-electron chi connectivity index (χ4n) is 2.57. The van der Waals surface area contributed by atoms with E-state index in [1.54, 1.807) is 0 Å². The Hall–Kier alpha value is -3.54. The molecule has 2 aromatic carbocycles. The van der Waals surface area contributed by atoms with E-state index in [2.05, 4.69) is 15.5 Å². The largest absolute Gasteiger partial charge is 0.437 e. The molecule has 0 saturated carbocycles. The Morgan fingerprint density at radius 1 is 1.03 bits per heavy atom. The van der Waals surface area contributed by atoms with E-state index in [4.69, 9.17) is 4.74 Å². The van der Waals surface area contributed by atoms with Crippen molar-refractivity contribution in [3.63, 3.8) is 0 Å². The summed E-state index contributed by atoms with van der Waals surface area (Å²) in [6.07, 6.45) is -3.87. The Bertz CT molecular complexity index is 1280. The number of benzene rings is 2. The quantitative estimate of drug-likeness (QED) is 0.557. The van der Waals surface area contributed by atoms with Crippen LogP contribution in [0.1, 0.15) is 21.6 Å². The van der Waals surface area contributed by atoms with E-state index in [0.29, 0.717) is 11.6 Å². The summed E-state index contributed by atoms with van der Waals surface area (Å²) in [6, 6.07) is 8.93. The van der Waals surface area contributed by atoms with Gasteiger partial charge in [-0.05, 0) is 61.0 Å². The molecule has 1 amide bonds. The summed E-state index contributed by atoms with van der Waals surface area (Å²) in [7, 11) is -3.47. The first-order valence-corrected chi connectivity index (χ1v) is 10.7. The lowest BCUT2D eigenvalue weighted by atomic mass is 10.2. The number of nitrogens with one attached hydrogen (secondary N) is 1. The van der Waals surface area contributed by atoms with Gasteiger partial charge in [-0.2, -0.15) is 13.2 Å². The fourth-order valence-corrected chi connectivity index (χ4v) is 3.20. The molecule has 32 heavy (non-hydrogen) atoms. The zero-order valence-corrected chi connectivity index (χ0v) is 17.4. The van der Waals surface area contributed by atoms with Crippen LogP contribution in [0.15, 0.2) is 53.4 Å². The van der Waals surface area contributed by atoms with Crippen molar-refractivity contribution in [1.82, 2.24) is 10.2 Å². The van der Waals surface area contributed by atoms with Gasteiger partial charge in [-0.25, -0.2) is 12.8 Å². The zero-order chi connectivity index (χ0) is 23.7. The smallest absolute Gasteiger partial charge is 0.435 e. The number of aryl methyl sites for hydroxylation is 1. The minimum atomic E-state index is -4.87. The summed E-state index contributed by atoms with van der Waals surface area (Å²) in [5.41, 5.74) is -1.56. The number of alkyl halides is 3. The standard InChI is InChI=1S/C20H15F4N3O4S/c1-11-9-12(21)3-8-16(11)31-19-15(10-17(26-27-19)20(22,23)24)18(28)25-13-4-6-14(7-5-13)32(2,29)30/h3-10H,1-2H3,(H,25,28). The summed E-state index contributed by atoms with van der Waals surface area (Å²) in [4.78, 5) is 12.7. The Balaban J connectivity index is 1.97. The van der Waals surface area contributed by atoms with Gasteiger partial charge < -0.3 is 10.1 Å². The molecule has 12 heteroatoms. The van der Waals surface area contributed by atoms with Gasteiger partial charge in [0.15, 0.2) is 15.5 Å². The first-order chi connectivity index (χ1) is 14.8. The van der Waals surface area contributed by atoms with E-state index in [0.717, 1.165) is 18.4 Å². The van der Waals surface area contributed by atoms with Crippen LogP contribution in [0.2, 0.25) is 0 Å². The van der Waals surface area contributed by atoms with E-state index in [9.17, 15) is 30.8 Å². The molecule has 3 aromatic rings. The maximum absolute atomic E-state index is 13.3. The normalized spacial score (nSPS) is 11.8. The molecule has 0 fully saturated rings. The fraction of sp³-hybridized carbons (Fsp3) is 0.150. The summed E-state index contributed by atoms with van der Waals surface area (Å²) < 4.78 is 81.1. The summed E-state index contributed by atoms with van der Waals surface area (Å²) in [5.74, 6) is -2.03. The van der Waals surface area contributed by atoms with E-state index >= 15 is 0 Å². The second-order valence-corrected chi connectivity index (χ2v) is 8.72. The van der Waals surface area contributed by atoms with Gasteiger partial charge in [0, 0.05) is 11.9 Å². The molecule has 7 nitrogen and oxygen atoms in total. The minimum Gasteiger partial charge on any atom is -0.437 e. The molecular weight excluding hydrogens is 454 g/mol. The van der Waals surface area contributed by atoms with Crippen LogP contribution in [0.5, 0.6) is 11.6 Å². The van der Waals surface area contributed by atoms with Gasteiger partial charge in [-0.15, -0.1) is 10.2 Å². The molecule has 0 saturated heterocycles. The SMILES string of the molecule is Cc1cc(F)ccc1Oc1nnc(C(F)(F)F)cc1C(=O)Nc1ccc(S(C)(=O)=O)cc1. The number of halogens is 4. The van der Waals surface area contributed by atoms with Crippen molar-refractivity contribution in [3.8, 4) is 11.6 Å². The lowest BCUT2D eigenvalue weighted by Crippen LogP contribution is -2.18. The molecule has 1 N–H and O–H groups in total. The Morgan fingerprint density at radius 2 is 1.69 bits per heavy atom. The van der Waals surface area contributed by atoms with Gasteiger partial charge in [0.2, 0.25) is 0 Å². The monoisotopic (exact) mass is 469 g/mol. The Kier molecular flexibility index (Phi) is 6.17. The van der Waals surface area contributed by atoms with E-state index in [1.807, 2.05) is 0 Å². The summed E-state index contributed by atoms with van der Waals surface area (Å²) in [5, 5.41) is 8.80. The number of anilines is 1. The molecule has 0 aliphatic carbocycles. The van der Waals surface area contributed by atoms with E-state index in [1.165, 1.54) is 37.3 Å². The highest BCUT2D eigenvalue weighted by molar-refractivity contribution is 7.90. The molecule has 0 unspecified atom stereocenters. The number of carbonyl (C=O) groups excluding carboxylic acids is 1. The van der Waals surface area contributed by atoms with Crippen molar-refractivity contribution in [3.05, 3.63) is 71.2 Å². The van der Waals surface area contributed by atoms with Gasteiger partial charge in [0.1, 0.15) is 17.1 Å². The minimum absolute atomic E-state index is 0.00348.